The van der Waals surface area contributed by atoms with E-state index < -0.39 is 0 Å². The molecule has 0 saturated carbocycles. The number of phenols is 1. The van der Waals surface area contributed by atoms with Crippen LogP contribution in [0.3, 0.4) is 0 Å². The van der Waals surface area contributed by atoms with Crippen LogP contribution in [-0.2, 0) is 6.42 Å². The number of aromatic hydroxyl groups is 1. The van der Waals surface area contributed by atoms with Crippen LogP contribution >= 0.6 is 0 Å². The smallest absolute Gasteiger partial charge is 0.161 e. The lowest BCUT2D eigenvalue weighted by Crippen LogP contribution is -1.95. The van der Waals surface area contributed by atoms with Gasteiger partial charge in [-0.25, -0.2) is 4.98 Å². The normalized spacial score (nSPS) is 10.5. The number of nitrogens with zero attached hydrogens (tertiary/aromatic N) is 2. The number of ether oxygens (including phenoxy) is 1. The van der Waals surface area contributed by atoms with Crippen LogP contribution in [0.5, 0.6) is 11.5 Å². The Morgan fingerprint density at radius 2 is 2.29 bits per heavy atom. The Morgan fingerprint density at radius 3 is 2.95 bits per heavy atom. The van der Waals surface area contributed by atoms with Gasteiger partial charge in [-0.2, -0.15) is 5.10 Å². The van der Waals surface area contributed by atoms with E-state index >= 15 is 0 Å². The van der Waals surface area contributed by atoms with Gasteiger partial charge in [0.25, 0.3) is 0 Å². The highest BCUT2D eigenvalue weighted by atomic mass is 16.5. The molecule has 5 nitrogen and oxygen atoms in total. The second-order valence-corrected chi connectivity index (χ2v) is 4.31. The first-order valence-electron chi connectivity index (χ1n) is 6.45. The maximum atomic E-state index is 10.0. The van der Waals surface area contributed by atoms with Gasteiger partial charge in [0.2, 0.25) is 0 Å². The van der Waals surface area contributed by atoms with Gasteiger partial charge in [0.15, 0.2) is 11.5 Å². The predicted molar refractivity (Wildman–Crippen MR) is 84.0 cm³/mol. The number of hydrogen-bond acceptors (Lipinski definition) is 5. The molecule has 1 heterocycles. The molecule has 1 aromatic carbocycles. The zero-order valence-electron chi connectivity index (χ0n) is 11.8. The molecule has 0 fully saturated rings. The summed E-state index contributed by atoms with van der Waals surface area (Å²) in [7, 11) is 1.51. The average Bonchev–Trinajstić information content (AvgIpc) is 2.51. The SMILES string of the molecule is C=CCc1cc(C=NNc2ccccn2)cc(OC)c1O. The van der Waals surface area contributed by atoms with Crippen molar-refractivity contribution in [3.63, 3.8) is 0 Å². The molecule has 0 atom stereocenters. The minimum absolute atomic E-state index is 0.132. The maximum Gasteiger partial charge on any atom is 0.161 e. The zero-order chi connectivity index (χ0) is 15.1. The van der Waals surface area contributed by atoms with E-state index in [0.717, 1.165) is 11.1 Å². The number of benzene rings is 1. The van der Waals surface area contributed by atoms with Gasteiger partial charge in [0, 0.05) is 11.8 Å². The van der Waals surface area contributed by atoms with Crippen molar-refractivity contribution in [2.24, 2.45) is 5.10 Å². The fraction of sp³-hybridized carbons (Fsp3) is 0.125. The van der Waals surface area contributed by atoms with Crippen LogP contribution in [0.25, 0.3) is 0 Å². The Balaban J connectivity index is 2.19. The molecule has 0 amide bonds. The summed E-state index contributed by atoms with van der Waals surface area (Å²) in [5.74, 6) is 1.20. The molecule has 1 aromatic heterocycles. The molecule has 0 aliphatic rings. The first-order valence-corrected chi connectivity index (χ1v) is 6.45. The van der Waals surface area contributed by atoms with Gasteiger partial charge >= 0.3 is 0 Å². The molecule has 21 heavy (non-hydrogen) atoms. The van der Waals surface area contributed by atoms with E-state index in [1.54, 1.807) is 24.6 Å². The number of methoxy groups -OCH3 is 1. The second-order valence-electron chi connectivity index (χ2n) is 4.31. The summed E-state index contributed by atoms with van der Waals surface area (Å²) in [6.45, 7) is 3.68. The molecule has 2 rings (SSSR count). The van der Waals surface area contributed by atoms with Crippen molar-refractivity contribution >= 4 is 12.0 Å². The van der Waals surface area contributed by atoms with Crippen LogP contribution < -0.4 is 10.2 Å². The van der Waals surface area contributed by atoms with E-state index in [1.807, 2.05) is 24.3 Å². The lowest BCUT2D eigenvalue weighted by Gasteiger charge is -2.09. The molecule has 0 bridgehead atoms. The van der Waals surface area contributed by atoms with Crippen LogP contribution in [0.1, 0.15) is 11.1 Å². The number of aromatic nitrogens is 1. The van der Waals surface area contributed by atoms with Gasteiger partial charge in [0.05, 0.1) is 13.3 Å². The third-order valence-electron chi connectivity index (χ3n) is 2.82. The number of hydrogen-bond donors (Lipinski definition) is 2. The quantitative estimate of drug-likeness (QED) is 0.486. The molecule has 2 N–H and O–H groups in total. The topological polar surface area (TPSA) is 66.7 Å². The molecule has 2 aromatic rings. The predicted octanol–water partition coefficient (Wildman–Crippen LogP) is 2.97. The molecule has 5 heteroatoms. The number of rotatable bonds is 6. The highest BCUT2D eigenvalue weighted by Crippen LogP contribution is 2.31. The molecule has 0 unspecified atom stereocenters. The van der Waals surface area contributed by atoms with Crippen molar-refractivity contribution in [1.29, 1.82) is 0 Å². The number of anilines is 1. The highest BCUT2D eigenvalue weighted by Gasteiger charge is 2.08. The second kappa shape index (κ2) is 7.09. The Morgan fingerprint density at radius 1 is 1.43 bits per heavy atom. The van der Waals surface area contributed by atoms with Crippen LogP contribution in [0.4, 0.5) is 5.82 Å². The van der Waals surface area contributed by atoms with E-state index in [4.69, 9.17) is 4.74 Å². The van der Waals surface area contributed by atoms with E-state index in [9.17, 15) is 5.11 Å². The van der Waals surface area contributed by atoms with Crippen molar-refractivity contribution in [2.75, 3.05) is 12.5 Å². The number of pyridine rings is 1. The fourth-order valence-corrected chi connectivity index (χ4v) is 1.83. The highest BCUT2D eigenvalue weighted by molar-refractivity contribution is 5.82. The number of nitrogens with one attached hydrogen (secondary N) is 1. The largest absolute Gasteiger partial charge is 0.504 e. The zero-order valence-corrected chi connectivity index (χ0v) is 11.8. The first kappa shape index (κ1) is 14.6. The van der Waals surface area contributed by atoms with Crippen LogP contribution in [0, 0.1) is 0 Å². The number of hydrazone groups is 1. The summed E-state index contributed by atoms with van der Waals surface area (Å²) in [4.78, 5) is 4.10. The van der Waals surface area contributed by atoms with E-state index in [2.05, 4.69) is 22.1 Å². The van der Waals surface area contributed by atoms with Crippen LogP contribution in [0.15, 0.2) is 54.3 Å². The third-order valence-corrected chi connectivity index (χ3v) is 2.82. The van der Waals surface area contributed by atoms with E-state index in [-0.39, 0.29) is 5.75 Å². The van der Waals surface area contributed by atoms with Crippen molar-refractivity contribution < 1.29 is 9.84 Å². The fourth-order valence-electron chi connectivity index (χ4n) is 1.83. The molecule has 0 aliphatic carbocycles. The van der Waals surface area contributed by atoms with Gasteiger partial charge < -0.3 is 9.84 Å². The van der Waals surface area contributed by atoms with Crippen LogP contribution in [0.2, 0.25) is 0 Å². The standard InChI is InChI=1S/C16H17N3O2/c1-3-6-13-9-12(10-14(21-2)16(13)20)11-18-19-15-7-4-5-8-17-15/h3-5,7-11,20H,1,6H2,2H3,(H,17,19). The lowest BCUT2D eigenvalue weighted by atomic mass is 10.1. The number of allylic oxidation sites excluding steroid dienone is 1. The Hall–Kier alpha value is -2.82. The Kier molecular flexibility index (Phi) is 4.93. The summed E-state index contributed by atoms with van der Waals surface area (Å²) in [6, 6.07) is 9.07. The summed E-state index contributed by atoms with van der Waals surface area (Å²) >= 11 is 0. The monoisotopic (exact) mass is 283 g/mol. The number of phenolic OH excluding ortho intramolecular Hbond substituents is 1. The minimum Gasteiger partial charge on any atom is -0.504 e. The molecule has 0 aliphatic heterocycles. The van der Waals surface area contributed by atoms with Crippen molar-refractivity contribution in [2.45, 2.75) is 6.42 Å². The van der Waals surface area contributed by atoms with Crippen LogP contribution in [-0.4, -0.2) is 23.4 Å². The average molecular weight is 283 g/mol. The minimum atomic E-state index is 0.132. The Bertz CT molecular complexity index is 639. The van der Waals surface area contributed by atoms with Crippen molar-refractivity contribution in [3.05, 3.63) is 60.3 Å². The van der Waals surface area contributed by atoms with Gasteiger partial charge in [0.1, 0.15) is 5.82 Å². The maximum absolute atomic E-state index is 10.0. The summed E-state index contributed by atoms with van der Waals surface area (Å²) in [6.07, 6.45) is 5.60. The Labute approximate surface area is 123 Å². The molecule has 0 saturated heterocycles. The summed E-state index contributed by atoms with van der Waals surface area (Å²) in [5, 5.41) is 14.1. The lowest BCUT2D eigenvalue weighted by molar-refractivity contribution is 0.371. The molecule has 108 valence electrons. The van der Waals surface area contributed by atoms with E-state index in [1.165, 1.54) is 7.11 Å². The molecular weight excluding hydrogens is 266 g/mol. The van der Waals surface area contributed by atoms with Crippen molar-refractivity contribution in [1.82, 2.24) is 4.98 Å². The van der Waals surface area contributed by atoms with Crippen molar-refractivity contribution in [3.8, 4) is 11.5 Å². The van der Waals surface area contributed by atoms with Gasteiger partial charge in [-0.1, -0.05) is 12.1 Å². The third kappa shape index (κ3) is 3.82. The van der Waals surface area contributed by atoms with E-state index in [0.29, 0.717) is 18.0 Å². The van der Waals surface area contributed by atoms with Gasteiger partial charge in [-0.15, -0.1) is 6.58 Å². The molecule has 0 spiro atoms. The molecule has 0 radical (unpaired) electrons. The van der Waals surface area contributed by atoms with Gasteiger partial charge in [-0.05, 0) is 36.2 Å². The summed E-state index contributed by atoms with van der Waals surface area (Å²) in [5.41, 5.74) is 4.38. The first-order chi connectivity index (χ1) is 10.2. The molecular formula is C16H17N3O2. The summed E-state index contributed by atoms with van der Waals surface area (Å²) < 4.78 is 5.16. The van der Waals surface area contributed by atoms with Gasteiger partial charge in [-0.3, -0.25) is 5.43 Å².